The Bertz CT molecular complexity index is 816. The summed E-state index contributed by atoms with van der Waals surface area (Å²) >= 11 is 0. The molecule has 1 unspecified atom stereocenters. The van der Waals surface area contributed by atoms with Gasteiger partial charge in [-0.05, 0) is 50.4 Å². The second kappa shape index (κ2) is 9.05. The van der Waals surface area contributed by atoms with E-state index in [1.54, 1.807) is 7.05 Å². The summed E-state index contributed by atoms with van der Waals surface area (Å²) in [5, 5.41) is 5.65. The topological polar surface area (TPSA) is 95.6 Å². The number of hydrogen-bond donors (Lipinski definition) is 2. The van der Waals surface area contributed by atoms with Gasteiger partial charge in [0.25, 0.3) is 0 Å². The summed E-state index contributed by atoms with van der Waals surface area (Å²) in [6.45, 7) is 1.52. The lowest BCUT2D eigenvalue weighted by Gasteiger charge is -2.35. The van der Waals surface area contributed by atoms with Crippen LogP contribution in [0.3, 0.4) is 0 Å². The molecule has 0 aliphatic carbocycles. The third kappa shape index (κ3) is 5.32. The molecule has 8 heteroatoms. The highest BCUT2D eigenvalue weighted by Gasteiger charge is 2.35. The lowest BCUT2D eigenvalue weighted by molar-refractivity contribution is -0.121. The van der Waals surface area contributed by atoms with Gasteiger partial charge >= 0.3 is 0 Å². The van der Waals surface area contributed by atoms with Gasteiger partial charge in [0, 0.05) is 31.1 Å². The standard InChI is InChI=1S/C20H29N3O4S/c1-21-19(24)7-6-15-4-2-3-5-18(15)22-20(25)16-8-11-23(12-9-16)17-10-13-28(26,27)14-17/h2-5,16-17H,6-14H2,1H3,(H,21,24)(H,22,25). The van der Waals surface area contributed by atoms with Gasteiger partial charge in [-0.15, -0.1) is 0 Å². The van der Waals surface area contributed by atoms with Gasteiger partial charge in [0.05, 0.1) is 11.5 Å². The Morgan fingerprint density at radius 2 is 1.86 bits per heavy atom. The summed E-state index contributed by atoms with van der Waals surface area (Å²) in [6.07, 6.45) is 3.14. The number of hydrogen-bond acceptors (Lipinski definition) is 5. The molecule has 2 N–H and O–H groups in total. The van der Waals surface area contributed by atoms with Crippen molar-refractivity contribution in [3.63, 3.8) is 0 Å². The average Bonchev–Trinajstić information content (AvgIpc) is 3.07. The molecule has 7 nitrogen and oxygen atoms in total. The Hall–Kier alpha value is -1.93. The van der Waals surface area contributed by atoms with Crippen LogP contribution in [0.1, 0.15) is 31.2 Å². The molecule has 2 aliphatic rings. The van der Waals surface area contributed by atoms with Crippen LogP contribution in [0, 0.1) is 5.92 Å². The molecule has 0 aromatic heterocycles. The summed E-state index contributed by atoms with van der Waals surface area (Å²) in [7, 11) is -1.27. The molecule has 1 atom stereocenters. The molecule has 3 rings (SSSR count). The van der Waals surface area contributed by atoms with Gasteiger partial charge in [0.2, 0.25) is 11.8 Å². The van der Waals surface area contributed by atoms with Gasteiger partial charge < -0.3 is 10.6 Å². The van der Waals surface area contributed by atoms with Crippen molar-refractivity contribution in [3.8, 4) is 0 Å². The van der Waals surface area contributed by atoms with Crippen molar-refractivity contribution in [1.29, 1.82) is 0 Å². The Balaban J connectivity index is 1.53. The lowest BCUT2D eigenvalue weighted by Crippen LogP contribution is -2.44. The minimum absolute atomic E-state index is 0.00564. The molecule has 1 aromatic rings. The van der Waals surface area contributed by atoms with Gasteiger partial charge in [-0.3, -0.25) is 14.5 Å². The van der Waals surface area contributed by atoms with Gasteiger partial charge in [-0.1, -0.05) is 18.2 Å². The number of rotatable bonds is 6. The quantitative estimate of drug-likeness (QED) is 0.739. The van der Waals surface area contributed by atoms with E-state index in [0.717, 1.165) is 37.2 Å². The first-order valence-electron chi connectivity index (χ1n) is 9.92. The molecule has 2 aliphatic heterocycles. The van der Waals surface area contributed by atoms with E-state index in [0.29, 0.717) is 19.3 Å². The maximum absolute atomic E-state index is 12.7. The maximum Gasteiger partial charge on any atom is 0.227 e. The van der Waals surface area contributed by atoms with E-state index in [9.17, 15) is 18.0 Å². The second-order valence-corrected chi connectivity index (χ2v) is 9.92. The molecule has 2 amide bonds. The van der Waals surface area contributed by atoms with Crippen LogP contribution in [-0.2, 0) is 25.8 Å². The number of anilines is 1. The largest absolute Gasteiger partial charge is 0.359 e. The fraction of sp³-hybridized carbons (Fsp3) is 0.600. The molecule has 0 radical (unpaired) electrons. The van der Waals surface area contributed by atoms with Crippen molar-refractivity contribution in [3.05, 3.63) is 29.8 Å². The van der Waals surface area contributed by atoms with Crippen LogP contribution in [0.25, 0.3) is 0 Å². The number of benzene rings is 1. The summed E-state index contributed by atoms with van der Waals surface area (Å²) < 4.78 is 23.4. The van der Waals surface area contributed by atoms with E-state index in [-0.39, 0.29) is 35.3 Å². The molecule has 0 bridgehead atoms. The molecule has 2 heterocycles. The smallest absolute Gasteiger partial charge is 0.227 e. The highest BCUT2D eigenvalue weighted by Crippen LogP contribution is 2.26. The van der Waals surface area contributed by atoms with Crippen molar-refractivity contribution >= 4 is 27.3 Å². The van der Waals surface area contributed by atoms with E-state index in [1.807, 2.05) is 24.3 Å². The first kappa shape index (κ1) is 20.8. The van der Waals surface area contributed by atoms with E-state index in [4.69, 9.17) is 0 Å². The van der Waals surface area contributed by atoms with Crippen molar-refractivity contribution < 1.29 is 18.0 Å². The average molecular weight is 408 g/mol. The van der Waals surface area contributed by atoms with Crippen LogP contribution in [0.4, 0.5) is 5.69 Å². The fourth-order valence-corrected chi connectivity index (χ4v) is 5.82. The van der Waals surface area contributed by atoms with Crippen LogP contribution in [0.5, 0.6) is 0 Å². The molecule has 1 aromatic carbocycles. The number of amides is 2. The number of aryl methyl sites for hydroxylation is 1. The number of nitrogens with one attached hydrogen (secondary N) is 2. The van der Waals surface area contributed by atoms with Crippen molar-refractivity contribution in [2.75, 3.05) is 37.0 Å². The maximum atomic E-state index is 12.7. The predicted octanol–water partition coefficient (Wildman–Crippen LogP) is 1.20. The van der Waals surface area contributed by atoms with E-state index >= 15 is 0 Å². The number of sulfone groups is 1. The first-order chi connectivity index (χ1) is 13.4. The number of carbonyl (C=O) groups is 2. The number of likely N-dealkylation sites (tertiary alicyclic amines) is 1. The third-order valence-corrected chi connectivity index (χ3v) is 7.55. The lowest BCUT2D eigenvalue weighted by atomic mass is 9.94. The van der Waals surface area contributed by atoms with Gasteiger partial charge in [0.15, 0.2) is 9.84 Å². The second-order valence-electron chi connectivity index (χ2n) is 7.69. The van der Waals surface area contributed by atoms with Crippen LogP contribution in [-0.4, -0.2) is 62.8 Å². The summed E-state index contributed by atoms with van der Waals surface area (Å²) in [5.74, 6) is 0.447. The molecular weight excluding hydrogens is 378 g/mol. The van der Waals surface area contributed by atoms with Crippen molar-refractivity contribution in [1.82, 2.24) is 10.2 Å². The number of carbonyl (C=O) groups excluding carboxylic acids is 2. The monoisotopic (exact) mass is 407 g/mol. The molecule has 2 saturated heterocycles. The van der Waals surface area contributed by atoms with Crippen LogP contribution in [0.15, 0.2) is 24.3 Å². The van der Waals surface area contributed by atoms with Crippen LogP contribution in [0.2, 0.25) is 0 Å². The SMILES string of the molecule is CNC(=O)CCc1ccccc1NC(=O)C1CCN(C2CCS(=O)(=O)C2)CC1. The molecule has 0 spiro atoms. The third-order valence-electron chi connectivity index (χ3n) is 5.80. The highest BCUT2D eigenvalue weighted by atomic mass is 32.2. The molecule has 154 valence electrons. The number of para-hydroxylation sites is 1. The normalized spacial score (nSPS) is 22.7. The predicted molar refractivity (Wildman–Crippen MR) is 109 cm³/mol. The number of nitrogens with zero attached hydrogens (tertiary/aromatic N) is 1. The Kier molecular flexibility index (Phi) is 6.72. The Morgan fingerprint density at radius 1 is 1.14 bits per heavy atom. The van der Waals surface area contributed by atoms with Crippen molar-refractivity contribution in [2.45, 2.75) is 38.1 Å². The molecular formula is C20H29N3O4S. The minimum Gasteiger partial charge on any atom is -0.359 e. The summed E-state index contributed by atoms with van der Waals surface area (Å²) in [6, 6.07) is 7.70. The summed E-state index contributed by atoms with van der Waals surface area (Å²) in [5.41, 5.74) is 1.72. The van der Waals surface area contributed by atoms with Crippen LogP contribution >= 0.6 is 0 Å². The number of piperidine rings is 1. The summed E-state index contributed by atoms with van der Waals surface area (Å²) in [4.78, 5) is 26.5. The van der Waals surface area contributed by atoms with Gasteiger partial charge in [-0.25, -0.2) is 8.42 Å². The Morgan fingerprint density at radius 3 is 2.50 bits per heavy atom. The minimum atomic E-state index is -2.88. The zero-order chi connectivity index (χ0) is 20.1. The van der Waals surface area contributed by atoms with Gasteiger partial charge in [0.1, 0.15) is 0 Å². The first-order valence-corrected chi connectivity index (χ1v) is 11.7. The van der Waals surface area contributed by atoms with Crippen molar-refractivity contribution in [2.24, 2.45) is 5.92 Å². The van der Waals surface area contributed by atoms with Gasteiger partial charge in [-0.2, -0.15) is 0 Å². The molecule has 0 saturated carbocycles. The van der Waals surface area contributed by atoms with Crippen LogP contribution < -0.4 is 10.6 Å². The van der Waals surface area contributed by atoms with E-state index in [2.05, 4.69) is 15.5 Å². The zero-order valence-corrected chi connectivity index (χ0v) is 17.1. The molecule has 2 fully saturated rings. The fourth-order valence-electron chi connectivity index (χ4n) is 4.06. The zero-order valence-electron chi connectivity index (χ0n) is 16.3. The Labute approximate surface area is 166 Å². The van der Waals surface area contributed by atoms with E-state index < -0.39 is 9.84 Å². The van der Waals surface area contributed by atoms with E-state index in [1.165, 1.54) is 0 Å². The molecule has 28 heavy (non-hydrogen) atoms. The highest BCUT2D eigenvalue weighted by molar-refractivity contribution is 7.91.